The zero-order valence-corrected chi connectivity index (χ0v) is 9.95. The number of rotatable bonds is 3. The molecule has 0 aliphatic carbocycles. The van der Waals surface area contributed by atoms with Crippen molar-refractivity contribution in [1.82, 2.24) is 15.1 Å². The molecule has 1 aromatic rings. The van der Waals surface area contributed by atoms with Crippen molar-refractivity contribution in [2.75, 3.05) is 13.1 Å². The second kappa shape index (κ2) is 5.57. The molecule has 1 unspecified atom stereocenters. The minimum absolute atomic E-state index is 0.0509. The van der Waals surface area contributed by atoms with Gasteiger partial charge in [0.25, 0.3) is 5.91 Å². The normalized spacial score (nSPS) is 19.6. The van der Waals surface area contributed by atoms with E-state index in [1.165, 1.54) is 12.4 Å². The van der Waals surface area contributed by atoms with E-state index in [2.05, 4.69) is 10.2 Å². The van der Waals surface area contributed by atoms with Gasteiger partial charge in [-0.25, -0.2) is 0 Å². The minimum atomic E-state index is -0.806. The number of nitrogens with zero attached hydrogens (tertiary/aromatic N) is 3. The molecule has 2 rings (SSSR count). The lowest BCUT2D eigenvalue weighted by atomic mass is 9.94. The first-order chi connectivity index (χ1) is 8.66. The summed E-state index contributed by atoms with van der Waals surface area (Å²) in [6, 6.07) is 1.62. The number of aromatic nitrogens is 2. The molecule has 1 amide bonds. The van der Waals surface area contributed by atoms with E-state index in [0.717, 1.165) is 12.8 Å². The van der Waals surface area contributed by atoms with Gasteiger partial charge in [-0.1, -0.05) is 0 Å². The number of likely N-dealkylation sites (tertiary alicyclic amines) is 1. The number of hydrogen-bond donors (Lipinski definition) is 1. The Hall–Kier alpha value is -1.98. The zero-order valence-electron chi connectivity index (χ0n) is 9.95. The number of carbonyl (C=O) groups excluding carboxylic acids is 1. The standard InChI is InChI=1S/C12H15N3O3/c16-11(17)6-9-2-1-5-15(8-9)12(18)10-3-4-13-14-7-10/h3-4,7,9H,1-2,5-6,8H2,(H,16,17). The number of carbonyl (C=O) groups is 2. The molecule has 0 spiro atoms. The fourth-order valence-electron chi connectivity index (χ4n) is 2.26. The molecule has 2 heterocycles. The first kappa shape index (κ1) is 12.5. The van der Waals surface area contributed by atoms with Gasteiger partial charge in [0.15, 0.2) is 0 Å². The second-order valence-corrected chi connectivity index (χ2v) is 4.49. The molecule has 1 atom stereocenters. The monoisotopic (exact) mass is 249 g/mol. The molecule has 1 saturated heterocycles. The number of aliphatic carboxylic acids is 1. The third-order valence-corrected chi connectivity index (χ3v) is 3.10. The van der Waals surface area contributed by atoms with Crippen molar-refractivity contribution in [3.63, 3.8) is 0 Å². The molecule has 96 valence electrons. The van der Waals surface area contributed by atoms with Crippen LogP contribution in [0.2, 0.25) is 0 Å². The molecule has 1 N–H and O–H groups in total. The SMILES string of the molecule is O=C(O)CC1CCCN(C(=O)c2ccnnc2)C1. The van der Waals surface area contributed by atoms with Gasteiger partial charge in [0.1, 0.15) is 0 Å². The largest absolute Gasteiger partial charge is 0.481 e. The predicted molar refractivity (Wildman–Crippen MR) is 62.9 cm³/mol. The van der Waals surface area contributed by atoms with Crippen LogP contribution in [0.25, 0.3) is 0 Å². The summed E-state index contributed by atoms with van der Waals surface area (Å²) in [7, 11) is 0. The number of amides is 1. The van der Waals surface area contributed by atoms with Crippen LogP contribution in [0.1, 0.15) is 29.6 Å². The predicted octanol–water partition coefficient (Wildman–Crippen LogP) is 0.803. The molecular formula is C12H15N3O3. The van der Waals surface area contributed by atoms with Crippen LogP contribution in [-0.2, 0) is 4.79 Å². The summed E-state index contributed by atoms with van der Waals surface area (Å²) in [6.45, 7) is 1.19. The Labute approximate surface area is 105 Å². The van der Waals surface area contributed by atoms with Crippen LogP contribution in [0.15, 0.2) is 18.5 Å². The van der Waals surface area contributed by atoms with Crippen molar-refractivity contribution >= 4 is 11.9 Å². The molecule has 6 heteroatoms. The molecule has 1 aromatic heterocycles. The Morgan fingerprint density at radius 3 is 2.94 bits per heavy atom. The van der Waals surface area contributed by atoms with Gasteiger partial charge in [-0.15, -0.1) is 0 Å². The maximum absolute atomic E-state index is 12.1. The quantitative estimate of drug-likeness (QED) is 0.856. The van der Waals surface area contributed by atoms with Gasteiger partial charge < -0.3 is 10.0 Å². The summed E-state index contributed by atoms with van der Waals surface area (Å²) in [6.07, 6.45) is 4.75. The Balaban J connectivity index is 2.00. The molecule has 6 nitrogen and oxygen atoms in total. The highest BCUT2D eigenvalue weighted by Gasteiger charge is 2.25. The van der Waals surface area contributed by atoms with E-state index in [4.69, 9.17) is 5.11 Å². The van der Waals surface area contributed by atoms with Gasteiger partial charge in [0.2, 0.25) is 0 Å². The molecule has 1 aliphatic rings. The average molecular weight is 249 g/mol. The highest BCUT2D eigenvalue weighted by Crippen LogP contribution is 2.20. The first-order valence-electron chi connectivity index (χ1n) is 5.94. The van der Waals surface area contributed by atoms with E-state index in [-0.39, 0.29) is 18.2 Å². The van der Waals surface area contributed by atoms with Gasteiger partial charge in [0.05, 0.1) is 18.0 Å². The van der Waals surface area contributed by atoms with Crippen molar-refractivity contribution in [1.29, 1.82) is 0 Å². The summed E-state index contributed by atoms with van der Waals surface area (Å²) in [5.74, 6) is -0.852. The topological polar surface area (TPSA) is 83.4 Å². The number of carboxylic acid groups (broad SMARTS) is 1. The Kier molecular flexibility index (Phi) is 3.86. The lowest BCUT2D eigenvalue weighted by Gasteiger charge is -2.32. The van der Waals surface area contributed by atoms with Crippen LogP contribution >= 0.6 is 0 Å². The van der Waals surface area contributed by atoms with Gasteiger partial charge in [-0.3, -0.25) is 9.59 Å². The highest BCUT2D eigenvalue weighted by molar-refractivity contribution is 5.93. The van der Waals surface area contributed by atoms with Crippen molar-refractivity contribution in [2.24, 2.45) is 5.92 Å². The molecule has 0 saturated carbocycles. The second-order valence-electron chi connectivity index (χ2n) is 4.49. The van der Waals surface area contributed by atoms with Crippen LogP contribution in [0, 0.1) is 5.92 Å². The maximum Gasteiger partial charge on any atom is 0.303 e. The number of hydrogen-bond acceptors (Lipinski definition) is 4. The number of carboxylic acids is 1. The van der Waals surface area contributed by atoms with Gasteiger partial charge in [-0.2, -0.15) is 10.2 Å². The summed E-state index contributed by atoms with van der Waals surface area (Å²) in [5, 5.41) is 16.1. The maximum atomic E-state index is 12.1. The van der Waals surface area contributed by atoms with Crippen LogP contribution in [0.5, 0.6) is 0 Å². The summed E-state index contributed by atoms with van der Waals surface area (Å²) in [4.78, 5) is 24.5. The molecule has 0 aromatic carbocycles. The molecule has 1 fully saturated rings. The van der Waals surface area contributed by atoms with Gasteiger partial charge in [-0.05, 0) is 24.8 Å². The van der Waals surface area contributed by atoms with E-state index in [1.54, 1.807) is 11.0 Å². The van der Waals surface area contributed by atoms with E-state index in [1.807, 2.05) is 0 Å². The van der Waals surface area contributed by atoms with Crippen molar-refractivity contribution in [2.45, 2.75) is 19.3 Å². The average Bonchev–Trinajstić information content (AvgIpc) is 2.38. The third kappa shape index (κ3) is 3.03. The number of piperidine rings is 1. The third-order valence-electron chi connectivity index (χ3n) is 3.10. The molecule has 1 aliphatic heterocycles. The van der Waals surface area contributed by atoms with Crippen LogP contribution in [0.3, 0.4) is 0 Å². The minimum Gasteiger partial charge on any atom is -0.481 e. The summed E-state index contributed by atoms with van der Waals surface area (Å²) < 4.78 is 0. The Bertz CT molecular complexity index is 435. The summed E-state index contributed by atoms with van der Waals surface area (Å²) in [5.41, 5.74) is 0.501. The smallest absolute Gasteiger partial charge is 0.303 e. The Morgan fingerprint density at radius 1 is 1.44 bits per heavy atom. The van der Waals surface area contributed by atoms with Crippen molar-refractivity contribution in [3.05, 3.63) is 24.0 Å². The highest BCUT2D eigenvalue weighted by atomic mass is 16.4. The van der Waals surface area contributed by atoms with Crippen LogP contribution in [0.4, 0.5) is 0 Å². The molecule has 0 bridgehead atoms. The van der Waals surface area contributed by atoms with Crippen LogP contribution < -0.4 is 0 Å². The fraction of sp³-hybridized carbons (Fsp3) is 0.500. The fourth-order valence-corrected chi connectivity index (χ4v) is 2.26. The van der Waals surface area contributed by atoms with Gasteiger partial charge in [0, 0.05) is 19.5 Å². The van der Waals surface area contributed by atoms with E-state index >= 15 is 0 Å². The molecule has 18 heavy (non-hydrogen) atoms. The van der Waals surface area contributed by atoms with E-state index in [9.17, 15) is 9.59 Å². The lowest BCUT2D eigenvalue weighted by molar-refractivity contribution is -0.138. The first-order valence-corrected chi connectivity index (χ1v) is 5.94. The molecular weight excluding hydrogens is 234 g/mol. The summed E-state index contributed by atoms with van der Waals surface area (Å²) >= 11 is 0. The molecule has 0 radical (unpaired) electrons. The van der Waals surface area contributed by atoms with Crippen LogP contribution in [-0.4, -0.2) is 45.2 Å². The zero-order chi connectivity index (χ0) is 13.0. The van der Waals surface area contributed by atoms with E-state index < -0.39 is 5.97 Å². The van der Waals surface area contributed by atoms with Crippen molar-refractivity contribution < 1.29 is 14.7 Å². The Morgan fingerprint density at radius 2 is 2.28 bits per heavy atom. The van der Waals surface area contributed by atoms with Crippen molar-refractivity contribution in [3.8, 4) is 0 Å². The lowest BCUT2D eigenvalue weighted by Crippen LogP contribution is -2.40. The van der Waals surface area contributed by atoms with E-state index in [0.29, 0.717) is 18.7 Å². The van der Waals surface area contributed by atoms with Gasteiger partial charge >= 0.3 is 5.97 Å².